The van der Waals surface area contributed by atoms with Gasteiger partial charge in [-0.1, -0.05) is 56.0 Å². The molecular weight excluding hydrogens is 1110 g/mol. The highest BCUT2D eigenvalue weighted by atomic mass is 32.1. The summed E-state index contributed by atoms with van der Waals surface area (Å²) >= 11 is 2.37. The number of fused-ring (bicyclic) bond motifs is 2. The molecule has 6 aromatic heterocycles. The van der Waals surface area contributed by atoms with Crippen molar-refractivity contribution in [3.8, 4) is 21.5 Å². The molecule has 2 atom stereocenters. The fraction of sp³-hybridized carbons (Fsp3) is 0.424. The van der Waals surface area contributed by atoms with Crippen LogP contribution in [0.3, 0.4) is 0 Å². The summed E-state index contributed by atoms with van der Waals surface area (Å²) in [5.41, 5.74) is -2.47. The Hall–Kier alpha value is -8.10. The van der Waals surface area contributed by atoms with E-state index in [0.29, 0.717) is 94.4 Å². The zero-order chi connectivity index (χ0) is 58.6. The fourth-order valence-electron chi connectivity index (χ4n) is 10.3. The van der Waals surface area contributed by atoms with E-state index in [9.17, 15) is 39.0 Å². The third kappa shape index (κ3) is 12.1. The van der Waals surface area contributed by atoms with E-state index in [1.54, 1.807) is 13.8 Å². The van der Waals surface area contributed by atoms with Crippen LogP contribution >= 0.6 is 22.7 Å². The SMILES string of the molecule is C.[C-]#[N+]Cc1ccccc1C(Cn1c(=O)n(C(C)(C)C(=O)O)c(=O)c2c(C)c(-c3ncco3)sc21)OC1CCOCC1.[C-]#[N+]Cc1ccccc1[C@H](Cn1c(=O)n(C(C)(C)C(=O)O)c(=O)c2c(C)c(-c3ncco3)sc21)OC1CCOCC1. The number of ether oxygens (including phenoxy) is 4. The lowest BCUT2D eigenvalue weighted by Crippen LogP contribution is -2.52. The third-order valence-electron chi connectivity index (χ3n) is 14.9. The van der Waals surface area contributed by atoms with E-state index in [4.69, 9.17) is 40.9 Å². The molecule has 2 fully saturated rings. The molecule has 1 unspecified atom stereocenters. The van der Waals surface area contributed by atoms with Gasteiger partial charge in [-0.15, -0.1) is 22.7 Å². The Morgan fingerprint density at radius 3 is 1.34 bits per heavy atom. The number of oxazole rings is 2. The predicted molar refractivity (Wildman–Crippen MR) is 311 cm³/mol. The van der Waals surface area contributed by atoms with Gasteiger partial charge >= 0.3 is 23.3 Å². The Balaban J connectivity index is 0.000000214. The predicted octanol–water partition coefficient (Wildman–Crippen LogP) is 9.36. The third-order valence-corrected chi connectivity index (χ3v) is 17.5. The van der Waals surface area contributed by atoms with E-state index in [-0.39, 0.29) is 56.6 Å². The average molecular weight is 1170 g/mol. The van der Waals surface area contributed by atoms with Gasteiger partial charge in [0.1, 0.15) is 45.5 Å². The van der Waals surface area contributed by atoms with E-state index in [2.05, 4.69) is 19.7 Å². The maximum Gasteiger partial charge on any atom is 0.333 e. The molecule has 2 aliphatic rings. The number of thiophene rings is 2. The Bertz CT molecular complexity index is 3730. The standard InChI is InChI=1S/2C29H30N4O7S.CH4/c2*1-17-22-25(34)33(29(2,3)27(35)36)28(37)32(26(22)41-23(17)24-31-11-14-39-24)16-21(40-19-9-12-38-13-10-19)20-8-6-5-7-18(20)15-30-4;/h2*5-8,11,14,19,21H,9-10,12-13,15-16H2,1-3H3,(H,35,36);1H4/t21-;;/m0../s1. The number of benzene rings is 2. The van der Waals surface area contributed by atoms with Crippen LogP contribution in [0.5, 0.6) is 0 Å². The van der Waals surface area contributed by atoms with E-state index in [1.807, 2.05) is 48.5 Å². The van der Waals surface area contributed by atoms with E-state index >= 15 is 0 Å². The van der Waals surface area contributed by atoms with Crippen molar-refractivity contribution in [1.29, 1.82) is 0 Å². The highest BCUT2D eigenvalue weighted by Gasteiger charge is 2.39. The summed E-state index contributed by atoms with van der Waals surface area (Å²) in [6.45, 7) is 26.1. The first kappa shape index (κ1) is 61.0. The van der Waals surface area contributed by atoms with Crippen LogP contribution < -0.4 is 22.5 Å². The molecule has 2 N–H and O–H groups in total. The van der Waals surface area contributed by atoms with Crippen LogP contribution in [-0.2, 0) is 65.8 Å². The fourth-order valence-corrected chi connectivity index (χ4v) is 12.8. The molecule has 83 heavy (non-hydrogen) atoms. The molecule has 2 saturated heterocycles. The molecule has 0 saturated carbocycles. The van der Waals surface area contributed by atoms with Gasteiger partial charge in [-0.25, -0.2) is 51.4 Å². The van der Waals surface area contributed by atoms with Gasteiger partial charge in [-0.05, 0) is 89.5 Å². The Morgan fingerprint density at radius 2 is 1.01 bits per heavy atom. The van der Waals surface area contributed by atoms with Crippen LogP contribution in [0.15, 0.2) is 101 Å². The summed E-state index contributed by atoms with van der Waals surface area (Å²) in [6, 6.07) is 14.9. The van der Waals surface area contributed by atoms with Gasteiger partial charge in [0.25, 0.3) is 11.1 Å². The van der Waals surface area contributed by atoms with Crippen LogP contribution in [0.2, 0.25) is 0 Å². The van der Waals surface area contributed by atoms with Crippen LogP contribution in [-0.4, -0.2) is 89.0 Å². The minimum Gasteiger partial charge on any atom is -0.480 e. The van der Waals surface area contributed by atoms with Crippen molar-refractivity contribution in [2.75, 3.05) is 26.4 Å². The van der Waals surface area contributed by atoms with E-state index in [1.165, 1.54) is 84.4 Å². The van der Waals surface area contributed by atoms with Crippen molar-refractivity contribution in [1.82, 2.24) is 28.2 Å². The number of hydrogen-bond donors (Lipinski definition) is 2. The lowest BCUT2D eigenvalue weighted by Gasteiger charge is -2.30. The van der Waals surface area contributed by atoms with Crippen LogP contribution in [0.25, 0.3) is 51.7 Å². The van der Waals surface area contributed by atoms with Crippen LogP contribution in [0.1, 0.15) is 106 Å². The van der Waals surface area contributed by atoms with E-state index < -0.39 is 57.7 Å². The van der Waals surface area contributed by atoms with Crippen molar-refractivity contribution in [3.05, 3.63) is 171 Å². The molecule has 8 heterocycles. The minimum atomic E-state index is -1.83. The van der Waals surface area contributed by atoms with Crippen molar-refractivity contribution in [2.24, 2.45) is 0 Å². The van der Waals surface area contributed by atoms with Crippen molar-refractivity contribution >= 4 is 55.0 Å². The molecule has 0 aliphatic carbocycles. The molecule has 2 aromatic carbocycles. The van der Waals surface area contributed by atoms with Gasteiger partial charge < -0.3 is 47.7 Å². The lowest BCUT2D eigenvalue weighted by molar-refractivity contribution is -0.146. The second-order valence-corrected chi connectivity index (χ2v) is 22.8. The van der Waals surface area contributed by atoms with Gasteiger partial charge in [0.05, 0.1) is 58.2 Å². The maximum atomic E-state index is 14.1. The molecule has 10 rings (SSSR count). The van der Waals surface area contributed by atoms with Gasteiger partial charge in [0.2, 0.25) is 24.9 Å². The Labute approximate surface area is 484 Å². The number of carboxylic acids is 2. The summed E-state index contributed by atoms with van der Waals surface area (Å²) < 4.78 is 39.7. The summed E-state index contributed by atoms with van der Waals surface area (Å²) in [5, 5.41) is 20.5. The van der Waals surface area contributed by atoms with Crippen LogP contribution in [0.4, 0.5) is 0 Å². The summed E-state index contributed by atoms with van der Waals surface area (Å²) in [4.78, 5) is 98.0. The Morgan fingerprint density at radius 1 is 0.651 bits per heavy atom. The molecular formula is C59H64N8O14S2. The maximum absolute atomic E-state index is 14.1. The molecule has 0 amide bonds. The molecule has 2 aliphatic heterocycles. The average Bonchev–Trinajstić information content (AvgIpc) is 4.37. The van der Waals surface area contributed by atoms with Gasteiger partial charge in [0, 0.05) is 37.6 Å². The molecule has 0 spiro atoms. The normalized spacial score (nSPS) is 15.0. The smallest absolute Gasteiger partial charge is 0.333 e. The molecule has 0 radical (unpaired) electrons. The quantitative estimate of drug-likeness (QED) is 0.0758. The number of aliphatic carboxylic acids is 2. The number of rotatable bonds is 18. The van der Waals surface area contributed by atoms with Gasteiger partial charge in [-0.3, -0.25) is 18.7 Å². The first-order valence-electron chi connectivity index (χ1n) is 26.4. The topological polar surface area (TPSA) is 260 Å². The number of nitrogens with zero attached hydrogens (tertiary/aromatic N) is 8. The zero-order valence-electron chi connectivity index (χ0n) is 45.9. The summed E-state index contributed by atoms with van der Waals surface area (Å²) in [7, 11) is 0. The highest BCUT2D eigenvalue weighted by Crippen LogP contribution is 2.39. The summed E-state index contributed by atoms with van der Waals surface area (Å²) in [6.07, 6.45) is 6.89. The first-order chi connectivity index (χ1) is 39.3. The van der Waals surface area contributed by atoms with E-state index in [0.717, 1.165) is 31.4 Å². The first-order valence-corrected chi connectivity index (χ1v) is 28.1. The number of carbonyl (C=O) groups is 2. The van der Waals surface area contributed by atoms with Crippen molar-refractivity contribution in [3.63, 3.8) is 0 Å². The molecule has 436 valence electrons. The zero-order valence-corrected chi connectivity index (χ0v) is 47.5. The monoisotopic (exact) mass is 1170 g/mol. The van der Waals surface area contributed by atoms with Crippen molar-refractivity contribution in [2.45, 2.75) is 136 Å². The molecule has 22 nitrogen and oxygen atoms in total. The largest absolute Gasteiger partial charge is 0.480 e. The van der Waals surface area contributed by atoms with Crippen molar-refractivity contribution < 1.29 is 47.6 Å². The van der Waals surface area contributed by atoms with Gasteiger partial charge in [0.15, 0.2) is 0 Å². The number of carboxylic acid groups (broad SMARTS) is 2. The summed E-state index contributed by atoms with van der Waals surface area (Å²) in [5.74, 6) is -2.05. The minimum absolute atomic E-state index is 0. The number of hydrogen-bond acceptors (Lipinski definition) is 16. The molecule has 24 heteroatoms. The second kappa shape index (κ2) is 25.6. The molecule has 0 bridgehead atoms. The second-order valence-electron chi connectivity index (χ2n) is 20.8. The Kier molecular flexibility index (Phi) is 18.8. The lowest BCUT2D eigenvalue weighted by atomic mass is 10.0. The molecule has 8 aromatic rings. The number of aryl methyl sites for hydroxylation is 2. The number of aromatic nitrogens is 6. The van der Waals surface area contributed by atoms with Crippen LogP contribution in [0, 0.1) is 27.0 Å². The highest BCUT2D eigenvalue weighted by molar-refractivity contribution is 7.22. The van der Waals surface area contributed by atoms with Gasteiger partial charge in [-0.2, -0.15) is 0 Å².